The van der Waals surface area contributed by atoms with E-state index in [9.17, 15) is 9.90 Å². The van der Waals surface area contributed by atoms with Gasteiger partial charge in [0.15, 0.2) is 0 Å². The molecule has 19 heavy (non-hydrogen) atoms. The molecule has 0 aromatic heterocycles. The monoisotopic (exact) mass is 325 g/mol. The lowest BCUT2D eigenvalue weighted by Crippen LogP contribution is -2.31. The van der Waals surface area contributed by atoms with Gasteiger partial charge in [-0.2, -0.15) is 0 Å². The Bertz CT molecular complexity index is 469. The number of carbonyl (C=O) groups is 1. The molecule has 0 bridgehead atoms. The van der Waals surface area contributed by atoms with E-state index in [2.05, 4.69) is 27.3 Å². The lowest BCUT2D eigenvalue weighted by Gasteiger charge is -2.12. The summed E-state index contributed by atoms with van der Waals surface area (Å²) in [5.74, 6) is 0.0697. The van der Waals surface area contributed by atoms with Gasteiger partial charge in [0.1, 0.15) is 0 Å². The van der Waals surface area contributed by atoms with Gasteiger partial charge in [-0.15, -0.1) is 0 Å². The normalized spacial score (nSPS) is 16.2. The maximum Gasteiger partial charge on any atom is 0.220 e. The molecule has 104 valence electrons. The maximum atomic E-state index is 11.8. The van der Waals surface area contributed by atoms with Crippen molar-refractivity contribution in [1.29, 1.82) is 0 Å². The third-order valence-corrected chi connectivity index (χ3v) is 4.71. The molecule has 0 aliphatic heterocycles. The number of benzene rings is 1. The van der Waals surface area contributed by atoms with E-state index < -0.39 is 0 Å². The Morgan fingerprint density at radius 3 is 2.79 bits per heavy atom. The van der Waals surface area contributed by atoms with Gasteiger partial charge in [0.2, 0.25) is 5.91 Å². The molecule has 0 spiro atoms. The second-order valence-corrected chi connectivity index (χ2v) is 6.37. The van der Waals surface area contributed by atoms with Crippen LogP contribution in [0.2, 0.25) is 0 Å². The number of nitrogens with one attached hydrogen (secondary N) is 1. The van der Waals surface area contributed by atoms with E-state index in [0.29, 0.717) is 13.0 Å². The summed E-state index contributed by atoms with van der Waals surface area (Å²) in [6.45, 7) is 2.84. The molecule has 0 radical (unpaired) electrons. The van der Waals surface area contributed by atoms with Crippen LogP contribution in [0.25, 0.3) is 0 Å². The molecule has 0 unspecified atom stereocenters. The number of carbonyl (C=O) groups excluding carboxylic acids is 1. The summed E-state index contributed by atoms with van der Waals surface area (Å²) in [6, 6.07) is 6.17. The molecule has 1 amide bonds. The summed E-state index contributed by atoms with van der Waals surface area (Å²) in [6.07, 6.45) is 3.31. The molecule has 0 saturated heterocycles. The maximum absolute atomic E-state index is 11.8. The lowest BCUT2D eigenvalue weighted by molar-refractivity contribution is -0.121. The van der Waals surface area contributed by atoms with Crippen molar-refractivity contribution in [2.24, 2.45) is 5.41 Å². The van der Waals surface area contributed by atoms with Crippen molar-refractivity contribution in [1.82, 2.24) is 5.32 Å². The zero-order valence-corrected chi connectivity index (χ0v) is 12.8. The van der Waals surface area contributed by atoms with Crippen LogP contribution in [0.5, 0.6) is 0 Å². The topological polar surface area (TPSA) is 49.3 Å². The highest BCUT2D eigenvalue weighted by Gasteiger charge is 2.41. The first-order valence-electron chi connectivity index (χ1n) is 6.67. The molecule has 1 aliphatic rings. The van der Waals surface area contributed by atoms with Gasteiger partial charge in [-0.3, -0.25) is 4.79 Å². The fraction of sp³-hybridized carbons (Fsp3) is 0.533. The molecule has 0 heterocycles. The fourth-order valence-corrected chi connectivity index (χ4v) is 2.31. The Hall–Kier alpha value is -0.870. The fourth-order valence-electron chi connectivity index (χ4n) is 2.06. The van der Waals surface area contributed by atoms with Gasteiger partial charge in [0.25, 0.3) is 0 Å². The molecule has 2 rings (SSSR count). The first-order valence-corrected chi connectivity index (χ1v) is 7.47. The molecule has 1 fully saturated rings. The molecular formula is C15H20BrNO2. The van der Waals surface area contributed by atoms with Crippen molar-refractivity contribution in [2.75, 3.05) is 13.2 Å². The van der Waals surface area contributed by atoms with Crippen LogP contribution in [0.1, 0.15) is 30.4 Å². The number of aliphatic hydroxyl groups excluding tert-OH is 1. The highest BCUT2D eigenvalue weighted by atomic mass is 79.9. The van der Waals surface area contributed by atoms with Crippen LogP contribution >= 0.6 is 15.9 Å². The van der Waals surface area contributed by atoms with Crippen LogP contribution in [-0.2, 0) is 11.2 Å². The summed E-state index contributed by atoms with van der Waals surface area (Å²) >= 11 is 3.47. The van der Waals surface area contributed by atoms with Gasteiger partial charge < -0.3 is 10.4 Å². The van der Waals surface area contributed by atoms with E-state index in [1.807, 2.05) is 19.1 Å². The molecule has 1 aliphatic carbocycles. The van der Waals surface area contributed by atoms with Gasteiger partial charge in [0.05, 0.1) is 6.61 Å². The minimum Gasteiger partial charge on any atom is -0.396 e. The summed E-state index contributed by atoms with van der Waals surface area (Å²) in [5.41, 5.74) is 2.36. The molecule has 4 heteroatoms. The van der Waals surface area contributed by atoms with E-state index >= 15 is 0 Å². The zero-order valence-electron chi connectivity index (χ0n) is 11.2. The Kier molecular flexibility index (Phi) is 4.63. The van der Waals surface area contributed by atoms with Crippen molar-refractivity contribution in [2.45, 2.75) is 32.6 Å². The van der Waals surface area contributed by atoms with Gasteiger partial charge in [0, 0.05) is 22.9 Å². The number of rotatable bonds is 6. The Balaban J connectivity index is 1.75. The highest BCUT2D eigenvalue weighted by molar-refractivity contribution is 9.10. The molecule has 1 aromatic carbocycles. The zero-order chi connectivity index (χ0) is 13.9. The van der Waals surface area contributed by atoms with Crippen molar-refractivity contribution in [3.8, 4) is 0 Å². The molecule has 3 nitrogen and oxygen atoms in total. The van der Waals surface area contributed by atoms with Gasteiger partial charge in [-0.25, -0.2) is 0 Å². The third kappa shape index (κ3) is 4.05. The molecular weight excluding hydrogens is 306 g/mol. The summed E-state index contributed by atoms with van der Waals surface area (Å²) < 4.78 is 1.10. The van der Waals surface area contributed by atoms with Crippen LogP contribution in [0.4, 0.5) is 0 Å². The van der Waals surface area contributed by atoms with Crippen molar-refractivity contribution < 1.29 is 9.90 Å². The van der Waals surface area contributed by atoms with E-state index in [-0.39, 0.29) is 17.9 Å². The first kappa shape index (κ1) is 14.5. The Morgan fingerprint density at radius 2 is 2.21 bits per heavy atom. The Morgan fingerprint density at radius 1 is 1.47 bits per heavy atom. The van der Waals surface area contributed by atoms with Crippen LogP contribution in [0.3, 0.4) is 0 Å². The van der Waals surface area contributed by atoms with Gasteiger partial charge in [-0.1, -0.05) is 28.1 Å². The number of hydrogen-bond donors (Lipinski definition) is 2. The molecule has 1 aromatic rings. The van der Waals surface area contributed by atoms with Crippen LogP contribution < -0.4 is 5.32 Å². The number of hydrogen-bond acceptors (Lipinski definition) is 2. The largest absolute Gasteiger partial charge is 0.396 e. The first-order chi connectivity index (χ1) is 9.04. The number of aliphatic hydroxyl groups is 1. The van der Waals surface area contributed by atoms with Crippen LogP contribution in [0.15, 0.2) is 22.7 Å². The standard InChI is InChI=1S/C15H20BrNO2/c1-11-8-12(2-4-13(11)16)3-5-14(19)17-9-15(10-18)6-7-15/h2,4,8,18H,3,5-7,9-10H2,1H3,(H,17,19). The van der Waals surface area contributed by atoms with Crippen LogP contribution in [-0.4, -0.2) is 24.2 Å². The van der Waals surface area contributed by atoms with E-state index in [1.165, 1.54) is 11.1 Å². The SMILES string of the molecule is Cc1cc(CCC(=O)NCC2(CO)CC2)ccc1Br. The van der Waals surface area contributed by atoms with Crippen molar-refractivity contribution >= 4 is 21.8 Å². The summed E-state index contributed by atoms with van der Waals surface area (Å²) in [7, 11) is 0. The van der Waals surface area contributed by atoms with E-state index in [1.54, 1.807) is 0 Å². The van der Waals surface area contributed by atoms with Crippen LogP contribution in [0, 0.1) is 12.3 Å². The lowest BCUT2D eigenvalue weighted by atomic mass is 10.1. The minimum atomic E-state index is -0.0101. The average Bonchev–Trinajstić information content (AvgIpc) is 3.18. The summed E-state index contributed by atoms with van der Waals surface area (Å²) in [5, 5.41) is 12.1. The molecule has 0 atom stereocenters. The second-order valence-electron chi connectivity index (χ2n) is 5.52. The predicted molar refractivity (Wildman–Crippen MR) is 79.0 cm³/mol. The number of aryl methyl sites for hydroxylation is 2. The molecule has 1 saturated carbocycles. The van der Waals surface area contributed by atoms with Gasteiger partial charge in [-0.05, 0) is 43.4 Å². The van der Waals surface area contributed by atoms with Crippen molar-refractivity contribution in [3.05, 3.63) is 33.8 Å². The number of halogens is 1. The second kappa shape index (κ2) is 6.06. The van der Waals surface area contributed by atoms with Crippen molar-refractivity contribution in [3.63, 3.8) is 0 Å². The quantitative estimate of drug-likeness (QED) is 0.844. The van der Waals surface area contributed by atoms with Gasteiger partial charge >= 0.3 is 0 Å². The molecule has 2 N–H and O–H groups in total. The third-order valence-electron chi connectivity index (χ3n) is 3.82. The van der Waals surface area contributed by atoms with E-state index in [0.717, 1.165) is 23.7 Å². The predicted octanol–water partition coefficient (Wildman–Crippen LogP) is 2.58. The Labute approximate surface area is 122 Å². The highest BCUT2D eigenvalue weighted by Crippen LogP contribution is 2.44. The number of amides is 1. The summed E-state index contributed by atoms with van der Waals surface area (Å²) in [4.78, 5) is 11.8. The minimum absolute atomic E-state index is 0.0101. The average molecular weight is 326 g/mol. The smallest absolute Gasteiger partial charge is 0.220 e. The van der Waals surface area contributed by atoms with E-state index in [4.69, 9.17) is 0 Å².